The predicted molar refractivity (Wildman–Crippen MR) is 64.3 cm³/mol. The third kappa shape index (κ3) is 3.51. The lowest BCUT2D eigenvalue weighted by atomic mass is 10.4. The monoisotopic (exact) mass is 290 g/mol. The third-order valence-electron chi connectivity index (χ3n) is 2.05. The van der Waals surface area contributed by atoms with E-state index in [4.69, 9.17) is 5.84 Å². The van der Waals surface area contributed by atoms with Crippen molar-refractivity contribution in [1.82, 2.24) is 15.0 Å². The summed E-state index contributed by atoms with van der Waals surface area (Å²) in [6.07, 6.45) is -3.01. The van der Waals surface area contributed by atoms with Crippen molar-refractivity contribution in [2.45, 2.75) is 12.7 Å². The van der Waals surface area contributed by atoms with Crippen LogP contribution < -0.4 is 16.6 Å². The molecule has 0 amide bonds. The van der Waals surface area contributed by atoms with Crippen molar-refractivity contribution in [2.75, 3.05) is 10.7 Å². The lowest BCUT2D eigenvalue weighted by Crippen LogP contribution is -2.17. The van der Waals surface area contributed by atoms with E-state index >= 15 is 0 Å². The van der Waals surface area contributed by atoms with Gasteiger partial charge in [-0.1, -0.05) is 0 Å². The highest BCUT2D eigenvalue weighted by Gasteiger charge is 2.35. The van der Waals surface area contributed by atoms with Crippen molar-refractivity contribution in [3.63, 3.8) is 0 Å². The minimum atomic E-state index is -4.63. The number of nitrogen functional groups attached to an aromatic ring is 1. The van der Waals surface area contributed by atoms with Crippen LogP contribution in [0.1, 0.15) is 10.7 Å². The second-order valence-electron chi connectivity index (χ2n) is 3.43. The van der Waals surface area contributed by atoms with E-state index < -0.39 is 12.0 Å². The number of nitrogens with two attached hydrogens (primary N) is 1. The molecule has 6 nitrogen and oxygen atoms in total. The van der Waals surface area contributed by atoms with Gasteiger partial charge in [-0.15, -0.1) is 11.3 Å². The van der Waals surface area contributed by atoms with Gasteiger partial charge >= 0.3 is 6.18 Å². The third-order valence-corrected chi connectivity index (χ3v) is 2.83. The van der Waals surface area contributed by atoms with Crippen molar-refractivity contribution in [3.05, 3.63) is 28.5 Å². The fourth-order valence-electron chi connectivity index (χ4n) is 1.25. The molecule has 0 fully saturated rings. The number of thiazole rings is 1. The number of nitrogens with one attached hydrogen (secondary N) is 2. The largest absolute Gasteiger partial charge is 0.451 e. The molecule has 102 valence electrons. The molecule has 0 atom stereocenters. The number of nitrogens with zero attached hydrogens (tertiary/aromatic N) is 3. The molecule has 0 saturated heterocycles. The molecule has 0 unspecified atom stereocenters. The maximum Gasteiger partial charge on any atom is 0.451 e. The fourth-order valence-corrected chi connectivity index (χ4v) is 1.78. The van der Waals surface area contributed by atoms with Crippen LogP contribution in [0.2, 0.25) is 0 Å². The van der Waals surface area contributed by atoms with Gasteiger partial charge in [0.05, 0.1) is 12.1 Å². The molecule has 0 bridgehead atoms. The quantitative estimate of drug-likeness (QED) is 0.588. The number of halogens is 3. The summed E-state index contributed by atoms with van der Waals surface area (Å²) in [6.45, 7) is 0.322. The first-order valence-corrected chi connectivity index (χ1v) is 5.91. The molecule has 10 heteroatoms. The first kappa shape index (κ1) is 13.5. The topological polar surface area (TPSA) is 88.8 Å². The van der Waals surface area contributed by atoms with Gasteiger partial charge in [-0.3, -0.25) is 4.98 Å². The lowest BCUT2D eigenvalue weighted by molar-refractivity contribution is -0.144. The fraction of sp³-hybridized carbons (Fsp3) is 0.222. The summed E-state index contributed by atoms with van der Waals surface area (Å²) < 4.78 is 37.7. The molecule has 0 aromatic carbocycles. The summed E-state index contributed by atoms with van der Waals surface area (Å²) in [7, 11) is 0. The summed E-state index contributed by atoms with van der Waals surface area (Å²) >= 11 is 1.38. The summed E-state index contributed by atoms with van der Waals surface area (Å²) in [4.78, 5) is 11.4. The Hall–Kier alpha value is -1.94. The van der Waals surface area contributed by atoms with Crippen molar-refractivity contribution >= 4 is 23.0 Å². The van der Waals surface area contributed by atoms with Crippen LogP contribution in [0.25, 0.3) is 0 Å². The maximum atomic E-state index is 12.6. The Morgan fingerprint density at radius 1 is 1.26 bits per heavy atom. The smallest absolute Gasteiger partial charge is 0.365 e. The summed E-state index contributed by atoms with van der Waals surface area (Å²) in [5, 5.41) is 2.76. The van der Waals surface area contributed by atoms with Crippen molar-refractivity contribution in [1.29, 1.82) is 0 Å². The Bertz CT molecular complexity index is 541. The summed E-state index contributed by atoms with van der Waals surface area (Å²) in [5.41, 5.74) is 3.70. The molecule has 2 aromatic heterocycles. The van der Waals surface area contributed by atoms with Crippen molar-refractivity contribution in [2.24, 2.45) is 5.84 Å². The Morgan fingerprint density at radius 3 is 2.58 bits per heavy atom. The average molecular weight is 290 g/mol. The number of hydrazine groups is 1. The van der Waals surface area contributed by atoms with Crippen LogP contribution in [0.4, 0.5) is 24.8 Å². The van der Waals surface area contributed by atoms with E-state index in [1.807, 2.05) is 0 Å². The van der Waals surface area contributed by atoms with Crippen LogP contribution in [0, 0.1) is 0 Å². The summed E-state index contributed by atoms with van der Waals surface area (Å²) in [5.74, 6) is 3.74. The first-order chi connectivity index (χ1) is 8.99. The number of aromatic nitrogens is 3. The molecule has 0 saturated carbocycles. The average Bonchev–Trinajstić information content (AvgIpc) is 2.88. The molecule has 4 N–H and O–H groups in total. The van der Waals surface area contributed by atoms with Crippen molar-refractivity contribution < 1.29 is 13.2 Å². The molecule has 0 aliphatic rings. The lowest BCUT2D eigenvalue weighted by Gasteiger charge is -2.10. The van der Waals surface area contributed by atoms with Gasteiger partial charge in [0.1, 0.15) is 11.6 Å². The molecule has 2 rings (SSSR count). The Balaban J connectivity index is 2.19. The minimum Gasteiger partial charge on any atom is -0.365 e. The second-order valence-corrected chi connectivity index (χ2v) is 4.40. The highest BCUT2D eigenvalue weighted by molar-refractivity contribution is 7.09. The minimum absolute atomic E-state index is 0.0312. The standard InChI is InChI=1S/C9H9F3N6S/c10-9(11,12)8-16-6(1-7(17-8)18-13)15-3-5-2-14-4-19-5/h1-2,4H,3,13H2,(H2,15,16,17,18). The normalized spacial score (nSPS) is 11.4. The number of anilines is 2. The highest BCUT2D eigenvalue weighted by atomic mass is 32.1. The Labute approximate surface area is 109 Å². The Morgan fingerprint density at radius 2 is 2.00 bits per heavy atom. The molecule has 0 aliphatic carbocycles. The molecular weight excluding hydrogens is 281 g/mol. The van der Waals surface area contributed by atoms with Crippen LogP contribution in [0.3, 0.4) is 0 Å². The van der Waals surface area contributed by atoms with E-state index in [2.05, 4.69) is 25.7 Å². The van der Waals surface area contributed by atoms with Gasteiger partial charge in [-0.2, -0.15) is 13.2 Å². The van der Waals surface area contributed by atoms with Crippen molar-refractivity contribution in [3.8, 4) is 0 Å². The zero-order chi connectivity index (χ0) is 13.9. The zero-order valence-electron chi connectivity index (χ0n) is 9.40. The van der Waals surface area contributed by atoms with Gasteiger partial charge in [-0.05, 0) is 0 Å². The van der Waals surface area contributed by atoms with Gasteiger partial charge in [0.15, 0.2) is 0 Å². The molecule has 2 aromatic rings. The van der Waals surface area contributed by atoms with Gasteiger partial charge in [0, 0.05) is 17.1 Å². The van der Waals surface area contributed by atoms with E-state index in [1.165, 1.54) is 17.4 Å². The number of hydrogen-bond acceptors (Lipinski definition) is 7. The Kier molecular flexibility index (Phi) is 3.81. The second kappa shape index (κ2) is 5.36. The van der Waals surface area contributed by atoms with Crippen LogP contribution in [0.5, 0.6) is 0 Å². The van der Waals surface area contributed by atoms with Gasteiger partial charge in [-0.25, -0.2) is 15.8 Å². The van der Waals surface area contributed by atoms with Crippen LogP contribution >= 0.6 is 11.3 Å². The molecule has 0 aliphatic heterocycles. The SMILES string of the molecule is NNc1cc(NCc2cncs2)nc(C(F)(F)F)n1. The molecule has 0 radical (unpaired) electrons. The molecule has 0 spiro atoms. The van der Waals surface area contributed by atoms with Gasteiger partial charge in [0.25, 0.3) is 0 Å². The maximum absolute atomic E-state index is 12.6. The molecule has 2 heterocycles. The van der Waals surface area contributed by atoms with Gasteiger partial charge < -0.3 is 10.7 Å². The van der Waals surface area contributed by atoms with Crippen LogP contribution in [-0.2, 0) is 12.7 Å². The molecule has 19 heavy (non-hydrogen) atoms. The summed E-state index contributed by atoms with van der Waals surface area (Å²) in [6, 6.07) is 1.29. The predicted octanol–water partition coefficient (Wildman–Crippen LogP) is 1.85. The zero-order valence-corrected chi connectivity index (χ0v) is 10.2. The number of alkyl halides is 3. The van der Waals surface area contributed by atoms with E-state index in [1.54, 1.807) is 11.7 Å². The van der Waals surface area contributed by atoms with E-state index in [0.717, 1.165) is 4.88 Å². The van der Waals surface area contributed by atoms with E-state index in [9.17, 15) is 13.2 Å². The number of rotatable bonds is 4. The molecular formula is C9H9F3N6S. The van der Waals surface area contributed by atoms with E-state index in [-0.39, 0.29) is 11.6 Å². The van der Waals surface area contributed by atoms with Crippen LogP contribution in [0.15, 0.2) is 17.8 Å². The van der Waals surface area contributed by atoms with E-state index in [0.29, 0.717) is 6.54 Å². The highest BCUT2D eigenvalue weighted by Crippen LogP contribution is 2.28. The number of hydrogen-bond donors (Lipinski definition) is 3. The van der Waals surface area contributed by atoms with Gasteiger partial charge in [0.2, 0.25) is 5.82 Å². The van der Waals surface area contributed by atoms with Crippen LogP contribution in [-0.4, -0.2) is 15.0 Å². The first-order valence-electron chi connectivity index (χ1n) is 5.03.